The van der Waals surface area contributed by atoms with Gasteiger partial charge < -0.3 is 0 Å². The van der Waals surface area contributed by atoms with Crippen LogP contribution in [0.3, 0.4) is 0 Å². The van der Waals surface area contributed by atoms with Gasteiger partial charge in [0.1, 0.15) is 17.4 Å². The third kappa shape index (κ3) is 1.90. The zero-order valence-corrected chi connectivity index (χ0v) is 9.69. The normalized spacial score (nSPS) is 10.1. The van der Waals surface area contributed by atoms with E-state index in [2.05, 4.69) is 21.1 Å². The van der Waals surface area contributed by atoms with Crippen molar-refractivity contribution in [1.29, 1.82) is 5.26 Å². The first kappa shape index (κ1) is 10.6. The Balaban J connectivity index is 2.40. The SMILES string of the molecule is Cc1ccnc(Sc2ncnn2C)c1C#N. The summed E-state index contributed by atoms with van der Waals surface area (Å²) < 4.78 is 1.65. The Morgan fingerprint density at radius 2 is 2.25 bits per heavy atom. The van der Waals surface area contributed by atoms with E-state index in [0.717, 1.165) is 10.7 Å². The fourth-order valence-corrected chi connectivity index (χ4v) is 2.09. The zero-order chi connectivity index (χ0) is 11.5. The molecule has 5 nitrogen and oxygen atoms in total. The molecule has 0 saturated carbocycles. The fourth-order valence-electron chi connectivity index (χ4n) is 1.21. The summed E-state index contributed by atoms with van der Waals surface area (Å²) in [5.74, 6) is 0. The minimum Gasteiger partial charge on any atom is -0.248 e. The second-order valence-electron chi connectivity index (χ2n) is 3.19. The van der Waals surface area contributed by atoms with Crippen LogP contribution in [0.1, 0.15) is 11.1 Å². The van der Waals surface area contributed by atoms with Crippen molar-refractivity contribution in [3.63, 3.8) is 0 Å². The van der Waals surface area contributed by atoms with E-state index < -0.39 is 0 Å². The molecule has 0 fully saturated rings. The van der Waals surface area contributed by atoms with Crippen LogP contribution in [0.2, 0.25) is 0 Å². The lowest BCUT2D eigenvalue weighted by molar-refractivity contribution is 0.684. The van der Waals surface area contributed by atoms with Gasteiger partial charge in [-0.25, -0.2) is 14.6 Å². The molecule has 80 valence electrons. The highest BCUT2D eigenvalue weighted by Gasteiger charge is 2.11. The summed E-state index contributed by atoms with van der Waals surface area (Å²) in [5, 5.41) is 14.4. The van der Waals surface area contributed by atoms with Crippen LogP contribution < -0.4 is 0 Å². The van der Waals surface area contributed by atoms with Gasteiger partial charge in [-0.05, 0) is 30.3 Å². The van der Waals surface area contributed by atoms with Gasteiger partial charge in [0.15, 0.2) is 5.16 Å². The Kier molecular flexibility index (Phi) is 2.88. The van der Waals surface area contributed by atoms with Gasteiger partial charge in [0.2, 0.25) is 0 Å². The van der Waals surface area contributed by atoms with E-state index in [9.17, 15) is 0 Å². The summed E-state index contributed by atoms with van der Waals surface area (Å²) >= 11 is 1.34. The summed E-state index contributed by atoms with van der Waals surface area (Å²) in [5.41, 5.74) is 1.51. The number of aryl methyl sites for hydroxylation is 2. The number of hydrogen-bond donors (Lipinski definition) is 0. The molecule has 2 aromatic rings. The molecule has 0 spiro atoms. The van der Waals surface area contributed by atoms with Crippen LogP contribution >= 0.6 is 11.8 Å². The van der Waals surface area contributed by atoms with Crippen LogP contribution in [0.4, 0.5) is 0 Å². The Labute approximate surface area is 97.1 Å². The Morgan fingerprint density at radius 3 is 2.88 bits per heavy atom. The first-order chi connectivity index (χ1) is 7.72. The molecule has 0 radical (unpaired) electrons. The number of hydrogen-bond acceptors (Lipinski definition) is 5. The number of rotatable bonds is 2. The van der Waals surface area contributed by atoms with Gasteiger partial charge in [-0.15, -0.1) is 0 Å². The summed E-state index contributed by atoms with van der Waals surface area (Å²) in [6, 6.07) is 3.97. The number of pyridine rings is 1. The topological polar surface area (TPSA) is 67.4 Å². The molecule has 0 aliphatic carbocycles. The van der Waals surface area contributed by atoms with Gasteiger partial charge in [-0.1, -0.05) is 0 Å². The first-order valence-corrected chi connectivity index (χ1v) is 5.41. The van der Waals surface area contributed by atoms with E-state index in [-0.39, 0.29) is 0 Å². The minimum atomic E-state index is 0.593. The number of nitrogens with zero attached hydrogens (tertiary/aromatic N) is 5. The van der Waals surface area contributed by atoms with Crippen molar-refractivity contribution in [2.75, 3.05) is 0 Å². The Hall–Kier alpha value is -1.87. The van der Waals surface area contributed by atoms with Gasteiger partial charge in [0.05, 0.1) is 5.56 Å². The molecular formula is C10H9N5S. The quantitative estimate of drug-likeness (QED) is 0.784. The minimum absolute atomic E-state index is 0.593. The highest BCUT2D eigenvalue weighted by molar-refractivity contribution is 7.99. The monoisotopic (exact) mass is 231 g/mol. The largest absolute Gasteiger partial charge is 0.248 e. The number of aromatic nitrogens is 4. The van der Waals surface area contributed by atoms with Gasteiger partial charge in [-0.3, -0.25) is 0 Å². The molecule has 0 aromatic carbocycles. The predicted octanol–water partition coefficient (Wildman–Crippen LogP) is 1.54. The van der Waals surface area contributed by atoms with E-state index in [0.29, 0.717) is 10.6 Å². The Bertz CT molecular complexity index is 555. The highest BCUT2D eigenvalue weighted by Crippen LogP contribution is 2.27. The lowest BCUT2D eigenvalue weighted by atomic mass is 10.2. The van der Waals surface area contributed by atoms with E-state index in [1.165, 1.54) is 18.1 Å². The average molecular weight is 231 g/mol. The molecule has 0 N–H and O–H groups in total. The van der Waals surface area contributed by atoms with Crippen molar-refractivity contribution < 1.29 is 0 Å². The molecule has 16 heavy (non-hydrogen) atoms. The van der Waals surface area contributed by atoms with E-state index >= 15 is 0 Å². The molecule has 0 aliphatic heterocycles. The molecule has 2 heterocycles. The van der Waals surface area contributed by atoms with Gasteiger partial charge in [0, 0.05) is 13.2 Å². The van der Waals surface area contributed by atoms with Crippen molar-refractivity contribution in [2.24, 2.45) is 7.05 Å². The van der Waals surface area contributed by atoms with Crippen molar-refractivity contribution in [3.8, 4) is 6.07 Å². The van der Waals surface area contributed by atoms with E-state index in [4.69, 9.17) is 5.26 Å². The van der Waals surface area contributed by atoms with Gasteiger partial charge in [-0.2, -0.15) is 10.4 Å². The van der Waals surface area contributed by atoms with Crippen LogP contribution in [0.15, 0.2) is 28.8 Å². The van der Waals surface area contributed by atoms with Crippen LogP contribution in [-0.2, 0) is 7.05 Å². The molecule has 0 saturated heterocycles. The summed E-state index contributed by atoms with van der Waals surface area (Å²) in [6.45, 7) is 1.89. The van der Waals surface area contributed by atoms with Gasteiger partial charge >= 0.3 is 0 Å². The van der Waals surface area contributed by atoms with Crippen LogP contribution in [0.25, 0.3) is 0 Å². The standard InChI is InChI=1S/C10H9N5S/c1-7-3-4-12-9(8(7)5-11)16-10-13-6-14-15(10)2/h3-4,6H,1-2H3. The Morgan fingerprint density at radius 1 is 1.44 bits per heavy atom. The summed E-state index contributed by atoms with van der Waals surface area (Å²) in [4.78, 5) is 8.27. The molecule has 2 rings (SSSR count). The third-order valence-electron chi connectivity index (χ3n) is 2.09. The van der Waals surface area contributed by atoms with Crippen molar-refractivity contribution in [1.82, 2.24) is 19.7 Å². The van der Waals surface area contributed by atoms with Crippen LogP contribution in [-0.4, -0.2) is 19.7 Å². The molecule has 2 aromatic heterocycles. The molecule has 0 amide bonds. The van der Waals surface area contributed by atoms with Crippen LogP contribution in [0.5, 0.6) is 0 Å². The van der Waals surface area contributed by atoms with Crippen molar-refractivity contribution in [2.45, 2.75) is 17.1 Å². The highest BCUT2D eigenvalue weighted by atomic mass is 32.2. The van der Waals surface area contributed by atoms with E-state index in [1.807, 2.05) is 13.0 Å². The van der Waals surface area contributed by atoms with Crippen molar-refractivity contribution >= 4 is 11.8 Å². The van der Waals surface area contributed by atoms with Crippen molar-refractivity contribution in [3.05, 3.63) is 29.7 Å². The molecule has 0 atom stereocenters. The zero-order valence-electron chi connectivity index (χ0n) is 8.88. The smallest absolute Gasteiger partial charge is 0.192 e. The first-order valence-electron chi connectivity index (χ1n) is 4.60. The summed E-state index contributed by atoms with van der Waals surface area (Å²) in [7, 11) is 1.80. The average Bonchev–Trinajstić information content (AvgIpc) is 2.65. The molecule has 0 bridgehead atoms. The molecule has 6 heteroatoms. The second kappa shape index (κ2) is 4.33. The maximum atomic E-state index is 9.05. The van der Waals surface area contributed by atoms with Gasteiger partial charge in [0.25, 0.3) is 0 Å². The van der Waals surface area contributed by atoms with Crippen LogP contribution in [0, 0.1) is 18.3 Å². The maximum absolute atomic E-state index is 9.05. The maximum Gasteiger partial charge on any atom is 0.192 e. The lowest BCUT2D eigenvalue weighted by Gasteiger charge is -2.03. The predicted molar refractivity (Wildman–Crippen MR) is 58.8 cm³/mol. The number of nitriles is 1. The second-order valence-corrected chi connectivity index (χ2v) is 4.14. The lowest BCUT2D eigenvalue weighted by Crippen LogP contribution is -1.95. The molecule has 0 unspecified atom stereocenters. The fraction of sp³-hybridized carbons (Fsp3) is 0.200. The molecular weight excluding hydrogens is 222 g/mol. The van der Waals surface area contributed by atoms with E-state index in [1.54, 1.807) is 17.9 Å². The third-order valence-corrected chi connectivity index (χ3v) is 3.15. The summed E-state index contributed by atoms with van der Waals surface area (Å²) in [6.07, 6.45) is 3.17. The molecule has 0 aliphatic rings.